The van der Waals surface area contributed by atoms with Gasteiger partial charge in [-0.1, -0.05) is 24.3 Å². The lowest BCUT2D eigenvalue weighted by Gasteiger charge is -2.10. The number of nitrogens with one attached hydrogen (secondary N) is 1. The second-order valence-corrected chi connectivity index (χ2v) is 4.40. The van der Waals surface area contributed by atoms with E-state index in [2.05, 4.69) is 35.8 Å². The lowest BCUT2D eigenvalue weighted by molar-refractivity contribution is 0.571. The molecule has 1 aliphatic rings. The number of thioether (sulfide) groups is 1. The Morgan fingerprint density at radius 3 is 3.15 bits per heavy atom. The Labute approximate surface area is 83.9 Å². The molecule has 0 amide bonds. The molecule has 1 aromatic carbocycles. The summed E-state index contributed by atoms with van der Waals surface area (Å²) in [5.74, 6) is 1.24. The number of benzene rings is 1. The summed E-state index contributed by atoms with van der Waals surface area (Å²) in [4.78, 5) is 0. The molecule has 1 atom stereocenters. The lowest BCUT2D eigenvalue weighted by Crippen LogP contribution is -2.12. The van der Waals surface area contributed by atoms with Crippen LogP contribution in [0, 0.1) is 0 Å². The van der Waals surface area contributed by atoms with Gasteiger partial charge in [0.15, 0.2) is 0 Å². The average Bonchev–Trinajstić information content (AvgIpc) is 2.58. The highest BCUT2D eigenvalue weighted by atomic mass is 32.2. The van der Waals surface area contributed by atoms with E-state index < -0.39 is 0 Å². The van der Waals surface area contributed by atoms with Gasteiger partial charge in [-0.3, -0.25) is 0 Å². The fourth-order valence-corrected chi connectivity index (χ4v) is 2.34. The Balaban J connectivity index is 2.09. The average molecular weight is 193 g/mol. The molecule has 2 rings (SSSR count). The lowest BCUT2D eigenvalue weighted by atomic mass is 10.0. The van der Waals surface area contributed by atoms with E-state index in [4.69, 9.17) is 0 Å². The summed E-state index contributed by atoms with van der Waals surface area (Å²) in [6, 6.07) is 9.33. The molecule has 70 valence electrons. The van der Waals surface area contributed by atoms with Crippen LogP contribution < -0.4 is 5.32 Å². The summed E-state index contributed by atoms with van der Waals surface area (Å²) in [6.07, 6.45) is 3.42. The standard InChI is InChI=1S/C11H15NS/c1-13-7-6-11-10-5-3-2-4-9(10)8-12-11/h2-5,11-12H,6-8H2,1H3. The summed E-state index contributed by atoms with van der Waals surface area (Å²) in [6.45, 7) is 1.05. The highest BCUT2D eigenvalue weighted by Crippen LogP contribution is 2.27. The SMILES string of the molecule is CSCCC1NCc2ccccc21. The molecular weight excluding hydrogens is 178 g/mol. The zero-order chi connectivity index (χ0) is 9.10. The topological polar surface area (TPSA) is 12.0 Å². The second-order valence-electron chi connectivity index (χ2n) is 3.41. The predicted octanol–water partition coefficient (Wildman–Crippen LogP) is 2.58. The molecule has 1 nitrogen and oxygen atoms in total. The highest BCUT2D eigenvalue weighted by Gasteiger charge is 2.19. The van der Waals surface area contributed by atoms with Gasteiger partial charge in [0.05, 0.1) is 0 Å². The van der Waals surface area contributed by atoms with Crippen molar-refractivity contribution in [2.24, 2.45) is 0 Å². The zero-order valence-electron chi connectivity index (χ0n) is 7.92. The molecule has 0 radical (unpaired) electrons. The van der Waals surface area contributed by atoms with Crippen molar-refractivity contribution in [1.29, 1.82) is 0 Å². The summed E-state index contributed by atoms with van der Waals surface area (Å²) in [5, 5.41) is 3.54. The van der Waals surface area contributed by atoms with Crippen molar-refractivity contribution in [2.45, 2.75) is 19.0 Å². The van der Waals surface area contributed by atoms with Crippen LogP contribution in [-0.4, -0.2) is 12.0 Å². The van der Waals surface area contributed by atoms with Gasteiger partial charge < -0.3 is 5.32 Å². The largest absolute Gasteiger partial charge is 0.306 e. The number of rotatable bonds is 3. The fourth-order valence-electron chi connectivity index (χ4n) is 1.87. The van der Waals surface area contributed by atoms with Crippen molar-refractivity contribution < 1.29 is 0 Å². The van der Waals surface area contributed by atoms with E-state index >= 15 is 0 Å². The molecule has 0 saturated carbocycles. The molecule has 1 heterocycles. The van der Waals surface area contributed by atoms with Gasteiger partial charge in [-0.2, -0.15) is 11.8 Å². The van der Waals surface area contributed by atoms with E-state index in [1.54, 1.807) is 0 Å². The van der Waals surface area contributed by atoms with E-state index in [9.17, 15) is 0 Å². The first kappa shape index (κ1) is 9.10. The third-order valence-electron chi connectivity index (χ3n) is 2.58. The molecule has 1 aliphatic heterocycles. The van der Waals surface area contributed by atoms with Crippen LogP contribution in [0.2, 0.25) is 0 Å². The minimum Gasteiger partial charge on any atom is -0.306 e. The maximum atomic E-state index is 3.54. The van der Waals surface area contributed by atoms with Gasteiger partial charge in [-0.05, 0) is 29.6 Å². The number of hydrogen-bond acceptors (Lipinski definition) is 2. The Kier molecular flexibility index (Phi) is 2.91. The van der Waals surface area contributed by atoms with Crippen molar-refractivity contribution in [3.63, 3.8) is 0 Å². The molecular formula is C11H15NS. The van der Waals surface area contributed by atoms with Crippen molar-refractivity contribution in [3.05, 3.63) is 35.4 Å². The van der Waals surface area contributed by atoms with Gasteiger partial charge in [0.25, 0.3) is 0 Å². The van der Waals surface area contributed by atoms with E-state index in [-0.39, 0.29) is 0 Å². The van der Waals surface area contributed by atoms with Gasteiger partial charge in [-0.25, -0.2) is 0 Å². The highest BCUT2D eigenvalue weighted by molar-refractivity contribution is 7.98. The molecule has 0 fully saturated rings. The summed E-state index contributed by atoms with van der Waals surface area (Å²) in [7, 11) is 0. The molecule has 1 unspecified atom stereocenters. The second kappa shape index (κ2) is 4.16. The normalized spacial score (nSPS) is 20.2. The van der Waals surface area contributed by atoms with E-state index in [1.165, 1.54) is 23.3 Å². The number of fused-ring (bicyclic) bond motifs is 1. The van der Waals surface area contributed by atoms with Gasteiger partial charge in [0.2, 0.25) is 0 Å². The van der Waals surface area contributed by atoms with Gasteiger partial charge in [0, 0.05) is 12.6 Å². The maximum Gasteiger partial charge on any atom is 0.0334 e. The van der Waals surface area contributed by atoms with Crippen LogP contribution >= 0.6 is 11.8 Å². The molecule has 1 N–H and O–H groups in total. The van der Waals surface area contributed by atoms with Crippen molar-refractivity contribution in [1.82, 2.24) is 5.32 Å². The van der Waals surface area contributed by atoms with Gasteiger partial charge in [0.1, 0.15) is 0 Å². The Morgan fingerprint density at radius 2 is 2.31 bits per heavy atom. The monoisotopic (exact) mass is 193 g/mol. The molecule has 0 saturated heterocycles. The minimum atomic E-state index is 0.601. The number of hydrogen-bond donors (Lipinski definition) is 1. The first-order chi connectivity index (χ1) is 6.42. The molecule has 0 aliphatic carbocycles. The maximum absolute atomic E-state index is 3.54. The molecule has 0 spiro atoms. The minimum absolute atomic E-state index is 0.601. The Bertz CT molecular complexity index is 285. The smallest absolute Gasteiger partial charge is 0.0334 e. The van der Waals surface area contributed by atoms with Crippen LogP contribution in [0.15, 0.2) is 24.3 Å². The van der Waals surface area contributed by atoms with Gasteiger partial charge >= 0.3 is 0 Å². The van der Waals surface area contributed by atoms with E-state index in [0.29, 0.717) is 6.04 Å². The quantitative estimate of drug-likeness (QED) is 0.792. The van der Waals surface area contributed by atoms with Crippen molar-refractivity contribution in [3.8, 4) is 0 Å². The Morgan fingerprint density at radius 1 is 1.46 bits per heavy atom. The summed E-state index contributed by atoms with van der Waals surface area (Å²) >= 11 is 1.92. The first-order valence-corrected chi connectivity index (χ1v) is 6.11. The van der Waals surface area contributed by atoms with Crippen LogP contribution in [0.1, 0.15) is 23.6 Å². The molecule has 0 aromatic heterocycles. The van der Waals surface area contributed by atoms with Crippen LogP contribution in [0.3, 0.4) is 0 Å². The molecule has 13 heavy (non-hydrogen) atoms. The van der Waals surface area contributed by atoms with E-state index in [1.807, 2.05) is 11.8 Å². The Hall–Kier alpha value is -0.470. The van der Waals surface area contributed by atoms with Crippen LogP contribution in [0.25, 0.3) is 0 Å². The predicted molar refractivity (Wildman–Crippen MR) is 59.0 cm³/mol. The van der Waals surface area contributed by atoms with Crippen molar-refractivity contribution >= 4 is 11.8 Å². The van der Waals surface area contributed by atoms with Crippen LogP contribution in [0.4, 0.5) is 0 Å². The van der Waals surface area contributed by atoms with E-state index in [0.717, 1.165) is 6.54 Å². The first-order valence-electron chi connectivity index (χ1n) is 4.72. The molecule has 2 heteroatoms. The molecule has 1 aromatic rings. The van der Waals surface area contributed by atoms with Gasteiger partial charge in [-0.15, -0.1) is 0 Å². The third kappa shape index (κ3) is 1.89. The van der Waals surface area contributed by atoms with Crippen LogP contribution in [-0.2, 0) is 6.54 Å². The third-order valence-corrected chi connectivity index (χ3v) is 3.22. The summed E-state index contributed by atoms with van der Waals surface area (Å²) < 4.78 is 0. The van der Waals surface area contributed by atoms with Crippen LogP contribution in [0.5, 0.6) is 0 Å². The van der Waals surface area contributed by atoms with Crippen molar-refractivity contribution in [2.75, 3.05) is 12.0 Å². The molecule has 0 bridgehead atoms. The summed E-state index contributed by atoms with van der Waals surface area (Å²) in [5.41, 5.74) is 2.99. The fraction of sp³-hybridized carbons (Fsp3) is 0.455. The zero-order valence-corrected chi connectivity index (χ0v) is 8.73.